The van der Waals surface area contributed by atoms with Gasteiger partial charge in [0.1, 0.15) is 18.1 Å². The maximum absolute atomic E-state index is 12.5. The Morgan fingerprint density at radius 2 is 2.04 bits per heavy atom. The molecular formula is C19H21N5O2. The van der Waals surface area contributed by atoms with Crippen molar-refractivity contribution in [2.75, 3.05) is 32.6 Å². The van der Waals surface area contributed by atoms with Gasteiger partial charge in [0.2, 0.25) is 0 Å². The second-order valence-electron chi connectivity index (χ2n) is 6.19. The number of benzene rings is 1. The lowest BCUT2D eigenvalue weighted by Crippen LogP contribution is -2.19. The number of carbonyl (C=O) groups is 1. The number of aromatic nitrogens is 3. The molecule has 26 heavy (non-hydrogen) atoms. The maximum Gasteiger partial charge on any atom is 0.275 e. The van der Waals surface area contributed by atoms with E-state index in [-0.39, 0.29) is 11.6 Å². The average molecular weight is 351 g/mol. The van der Waals surface area contributed by atoms with E-state index in [1.54, 1.807) is 18.5 Å². The Balaban J connectivity index is 1.87. The monoisotopic (exact) mass is 351 g/mol. The number of nitrogens with zero attached hydrogens (tertiary/aromatic N) is 4. The Kier molecular flexibility index (Phi) is 5.38. The highest BCUT2D eigenvalue weighted by Crippen LogP contribution is 2.28. The summed E-state index contributed by atoms with van der Waals surface area (Å²) in [6.45, 7) is 3.17. The van der Waals surface area contributed by atoms with E-state index in [4.69, 9.17) is 4.74 Å². The predicted molar refractivity (Wildman–Crippen MR) is 101 cm³/mol. The molecule has 0 saturated carbocycles. The van der Waals surface area contributed by atoms with Crippen molar-refractivity contribution in [3.05, 3.63) is 54.2 Å². The van der Waals surface area contributed by atoms with Crippen molar-refractivity contribution in [3.8, 4) is 5.75 Å². The molecule has 134 valence electrons. The van der Waals surface area contributed by atoms with Crippen LogP contribution in [0.5, 0.6) is 5.75 Å². The summed E-state index contributed by atoms with van der Waals surface area (Å²) in [6.07, 6.45) is 4.71. The van der Waals surface area contributed by atoms with Crippen LogP contribution in [0.2, 0.25) is 0 Å². The Hall–Kier alpha value is -3.06. The minimum Gasteiger partial charge on any atom is -0.492 e. The van der Waals surface area contributed by atoms with Gasteiger partial charge in [0.05, 0.1) is 23.1 Å². The molecule has 0 unspecified atom stereocenters. The zero-order valence-corrected chi connectivity index (χ0v) is 15.1. The van der Waals surface area contributed by atoms with Gasteiger partial charge < -0.3 is 15.0 Å². The third-order valence-corrected chi connectivity index (χ3v) is 3.75. The van der Waals surface area contributed by atoms with Crippen LogP contribution in [0.15, 0.2) is 42.9 Å². The number of likely N-dealkylation sites (N-methyl/N-ethyl adjacent to an activating group) is 1. The van der Waals surface area contributed by atoms with Crippen molar-refractivity contribution in [3.63, 3.8) is 0 Å². The van der Waals surface area contributed by atoms with Crippen LogP contribution in [-0.4, -0.2) is 53.0 Å². The molecule has 0 spiro atoms. The molecule has 1 amide bonds. The molecule has 2 aromatic heterocycles. The van der Waals surface area contributed by atoms with Crippen molar-refractivity contribution in [2.45, 2.75) is 6.92 Å². The van der Waals surface area contributed by atoms with Crippen LogP contribution in [-0.2, 0) is 0 Å². The van der Waals surface area contributed by atoms with Crippen molar-refractivity contribution in [1.82, 2.24) is 19.9 Å². The normalized spacial score (nSPS) is 10.9. The molecule has 0 radical (unpaired) electrons. The van der Waals surface area contributed by atoms with Crippen LogP contribution in [0.4, 0.5) is 5.69 Å². The van der Waals surface area contributed by atoms with Crippen LogP contribution < -0.4 is 10.1 Å². The van der Waals surface area contributed by atoms with Gasteiger partial charge in [-0.15, -0.1) is 0 Å². The van der Waals surface area contributed by atoms with E-state index in [1.165, 1.54) is 6.20 Å². The summed E-state index contributed by atoms with van der Waals surface area (Å²) in [5.74, 6) is 0.340. The topological polar surface area (TPSA) is 80.2 Å². The molecule has 0 fully saturated rings. The number of hydrogen-bond acceptors (Lipinski definition) is 6. The Labute approximate surface area is 152 Å². The second kappa shape index (κ2) is 7.88. The standard InChI is InChI=1S/C19H21N5O2/c1-13-11-22-17(12-21-13)19(25)23-16-10-15(26-8-7-24(2)3)9-14-5-4-6-20-18(14)16/h4-6,9-12H,7-8H2,1-3H3,(H,23,25). The average Bonchev–Trinajstić information content (AvgIpc) is 2.62. The SMILES string of the molecule is Cc1cnc(C(=O)Nc2cc(OCCN(C)C)cc3cccnc23)cn1. The first-order valence-electron chi connectivity index (χ1n) is 8.29. The quantitative estimate of drug-likeness (QED) is 0.735. The Morgan fingerprint density at radius 1 is 1.19 bits per heavy atom. The van der Waals surface area contributed by atoms with E-state index >= 15 is 0 Å². The van der Waals surface area contributed by atoms with E-state index in [0.29, 0.717) is 23.6 Å². The van der Waals surface area contributed by atoms with E-state index < -0.39 is 0 Å². The maximum atomic E-state index is 12.5. The molecule has 7 nitrogen and oxygen atoms in total. The summed E-state index contributed by atoms with van der Waals surface area (Å²) in [7, 11) is 3.98. The zero-order valence-electron chi connectivity index (χ0n) is 15.1. The Morgan fingerprint density at radius 3 is 2.77 bits per heavy atom. The smallest absolute Gasteiger partial charge is 0.275 e. The first kappa shape index (κ1) is 17.8. The van der Waals surface area contributed by atoms with Crippen molar-refractivity contribution in [1.29, 1.82) is 0 Å². The van der Waals surface area contributed by atoms with Crippen molar-refractivity contribution >= 4 is 22.5 Å². The molecule has 3 aromatic rings. The van der Waals surface area contributed by atoms with Gasteiger partial charge in [-0.05, 0) is 33.2 Å². The lowest BCUT2D eigenvalue weighted by molar-refractivity contribution is 0.102. The fourth-order valence-corrected chi connectivity index (χ4v) is 2.39. The van der Waals surface area contributed by atoms with Gasteiger partial charge in [0.25, 0.3) is 5.91 Å². The minimum absolute atomic E-state index is 0.249. The number of carbonyl (C=O) groups excluding carboxylic acids is 1. The van der Waals surface area contributed by atoms with E-state index in [0.717, 1.165) is 17.6 Å². The van der Waals surface area contributed by atoms with Gasteiger partial charge in [-0.2, -0.15) is 0 Å². The zero-order chi connectivity index (χ0) is 18.5. The van der Waals surface area contributed by atoms with Crippen LogP contribution >= 0.6 is 0 Å². The lowest BCUT2D eigenvalue weighted by atomic mass is 10.1. The second-order valence-corrected chi connectivity index (χ2v) is 6.19. The molecule has 1 N–H and O–H groups in total. The number of anilines is 1. The lowest BCUT2D eigenvalue weighted by Gasteiger charge is -2.14. The number of nitrogens with one attached hydrogen (secondary N) is 1. The third kappa shape index (κ3) is 4.31. The minimum atomic E-state index is -0.338. The van der Waals surface area contributed by atoms with Crippen LogP contribution in [0.1, 0.15) is 16.2 Å². The summed E-state index contributed by atoms with van der Waals surface area (Å²) in [5.41, 5.74) is 2.28. The van der Waals surface area contributed by atoms with Gasteiger partial charge >= 0.3 is 0 Å². The van der Waals surface area contributed by atoms with Crippen molar-refractivity contribution in [2.24, 2.45) is 0 Å². The highest BCUT2D eigenvalue weighted by Gasteiger charge is 2.12. The molecule has 2 heterocycles. The molecule has 0 aliphatic rings. The van der Waals surface area contributed by atoms with Gasteiger partial charge in [0, 0.05) is 30.4 Å². The third-order valence-electron chi connectivity index (χ3n) is 3.75. The first-order chi connectivity index (χ1) is 12.5. The largest absolute Gasteiger partial charge is 0.492 e. The van der Waals surface area contributed by atoms with Crippen LogP contribution in [0.3, 0.4) is 0 Å². The number of aryl methyl sites for hydroxylation is 1. The molecule has 7 heteroatoms. The number of ether oxygens (including phenoxy) is 1. The molecule has 0 aliphatic carbocycles. The van der Waals surface area contributed by atoms with Gasteiger partial charge in [-0.25, -0.2) is 4.98 Å². The fraction of sp³-hybridized carbons (Fsp3) is 0.263. The van der Waals surface area contributed by atoms with Crippen molar-refractivity contribution < 1.29 is 9.53 Å². The summed E-state index contributed by atoms with van der Waals surface area (Å²) in [5, 5.41) is 3.75. The first-order valence-corrected chi connectivity index (χ1v) is 8.29. The van der Waals surface area contributed by atoms with E-state index in [1.807, 2.05) is 44.1 Å². The number of hydrogen-bond donors (Lipinski definition) is 1. The molecule has 3 rings (SSSR count). The van der Waals surface area contributed by atoms with Crippen LogP contribution in [0, 0.1) is 6.92 Å². The van der Waals surface area contributed by atoms with Gasteiger partial charge in [0.15, 0.2) is 0 Å². The molecule has 1 aromatic carbocycles. The molecule has 0 saturated heterocycles. The molecule has 0 atom stereocenters. The van der Waals surface area contributed by atoms with Gasteiger partial charge in [-0.3, -0.25) is 14.8 Å². The number of fused-ring (bicyclic) bond motifs is 1. The molecule has 0 bridgehead atoms. The summed E-state index contributed by atoms with van der Waals surface area (Å²) in [6, 6.07) is 7.48. The summed E-state index contributed by atoms with van der Waals surface area (Å²) in [4.78, 5) is 27.1. The molecular weight excluding hydrogens is 330 g/mol. The summed E-state index contributed by atoms with van der Waals surface area (Å²) >= 11 is 0. The Bertz CT molecular complexity index is 909. The van der Waals surface area contributed by atoms with Crippen LogP contribution in [0.25, 0.3) is 10.9 Å². The highest BCUT2D eigenvalue weighted by atomic mass is 16.5. The van der Waals surface area contributed by atoms with E-state index in [9.17, 15) is 4.79 Å². The van der Waals surface area contributed by atoms with Gasteiger partial charge in [-0.1, -0.05) is 6.07 Å². The number of rotatable bonds is 6. The summed E-state index contributed by atoms with van der Waals surface area (Å²) < 4.78 is 5.82. The number of pyridine rings is 1. The fourth-order valence-electron chi connectivity index (χ4n) is 2.39. The highest BCUT2D eigenvalue weighted by molar-refractivity contribution is 6.07. The van der Waals surface area contributed by atoms with E-state index in [2.05, 4.69) is 20.3 Å². The molecule has 0 aliphatic heterocycles. The number of amides is 1. The predicted octanol–water partition coefficient (Wildman–Crippen LogP) is 2.53.